The second-order valence-corrected chi connectivity index (χ2v) is 5.71. The molecule has 5 heteroatoms. The number of hydrogen-bond acceptors (Lipinski definition) is 3. The van der Waals surface area contributed by atoms with Gasteiger partial charge in [0.15, 0.2) is 0 Å². The third-order valence-electron chi connectivity index (χ3n) is 3.60. The molecule has 0 fully saturated rings. The minimum atomic E-state index is -0.0479. The Bertz CT molecular complexity index is 810. The maximum absolute atomic E-state index is 11.9. The Morgan fingerprint density at radius 3 is 2.84 bits per heavy atom. The Hall–Kier alpha value is -1.88. The zero-order valence-electron chi connectivity index (χ0n) is 11.2. The van der Waals surface area contributed by atoms with E-state index in [9.17, 15) is 4.79 Å². The van der Waals surface area contributed by atoms with Gasteiger partial charge in [0.25, 0.3) is 5.56 Å². The molecule has 0 aliphatic heterocycles. The molecular formula is C14H15N3OS. The van der Waals surface area contributed by atoms with E-state index in [0.717, 1.165) is 5.52 Å². The Morgan fingerprint density at radius 1 is 1.37 bits per heavy atom. The molecule has 0 spiro atoms. The SMILES string of the molecule is Cc1cn(Cc2nc3ccsc3c(=O)[nH]2)c(C)c1C. The van der Waals surface area contributed by atoms with Crippen LogP contribution in [0.15, 0.2) is 22.4 Å². The third kappa shape index (κ3) is 2.00. The van der Waals surface area contributed by atoms with Crippen LogP contribution in [-0.4, -0.2) is 14.5 Å². The number of hydrogen-bond donors (Lipinski definition) is 1. The summed E-state index contributed by atoms with van der Waals surface area (Å²) in [6.07, 6.45) is 2.10. The molecule has 0 aliphatic rings. The zero-order valence-corrected chi connectivity index (χ0v) is 12.0. The monoisotopic (exact) mass is 273 g/mol. The van der Waals surface area contributed by atoms with Gasteiger partial charge in [-0.2, -0.15) is 0 Å². The summed E-state index contributed by atoms with van der Waals surface area (Å²) in [4.78, 5) is 19.3. The molecule has 19 heavy (non-hydrogen) atoms. The molecule has 0 aromatic carbocycles. The fraction of sp³-hybridized carbons (Fsp3) is 0.286. The van der Waals surface area contributed by atoms with E-state index in [-0.39, 0.29) is 5.56 Å². The van der Waals surface area contributed by atoms with E-state index in [2.05, 4.69) is 41.5 Å². The predicted molar refractivity (Wildman–Crippen MR) is 78.0 cm³/mol. The lowest BCUT2D eigenvalue weighted by molar-refractivity contribution is 0.726. The summed E-state index contributed by atoms with van der Waals surface area (Å²) in [5.74, 6) is 0.703. The second-order valence-electron chi connectivity index (χ2n) is 4.80. The van der Waals surface area contributed by atoms with Gasteiger partial charge < -0.3 is 9.55 Å². The molecule has 0 bridgehead atoms. The van der Waals surface area contributed by atoms with Crippen LogP contribution < -0.4 is 5.56 Å². The highest BCUT2D eigenvalue weighted by molar-refractivity contribution is 7.17. The van der Waals surface area contributed by atoms with Crippen molar-refractivity contribution in [3.8, 4) is 0 Å². The van der Waals surface area contributed by atoms with Crippen molar-refractivity contribution < 1.29 is 0 Å². The Kier molecular flexibility index (Phi) is 2.78. The van der Waals surface area contributed by atoms with Crippen molar-refractivity contribution in [2.24, 2.45) is 0 Å². The van der Waals surface area contributed by atoms with Crippen LogP contribution in [0.2, 0.25) is 0 Å². The molecule has 0 saturated heterocycles. The first-order chi connectivity index (χ1) is 9.06. The summed E-state index contributed by atoms with van der Waals surface area (Å²) in [6.45, 7) is 6.89. The normalized spacial score (nSPS) is 11.3. The van der Waals surface area contributed by atoms with Crippen LogP contribution in [0.1, 0.15) is 22.6 Å². The second kappa shape index (κ2) is 4.35. The standard InChI is InChI=1S/C14H15N3OS/c1-8-6-17(10(3)9(8)2)7-12-15-11-4-5-19-13(11)14(18)16-12/h4-6H,7H2,1-3H3,(H,15,16,18). The van der Waals surface area contributed by atoms with Gasteiger partial charge in [-0.05, 0) is 43.3 Å². The highest BCUT2D eigenvalue weighted by atomic mass is 32.1. The molecule has 0 saturated carbocycles. The van der Waals surface area contributed by atoms with Crippen molar-refractivity contribution in [1.82, 2.24) is 14.5 Å². The highest BCUT2D eigenvalue weighted by Gasteiger charge is 2.09. The summed E-state index contributed by atoms with van der Waals surface area (Å²) in [6, 6.07) is 1.89. The first-order valence-corrected chi connectivity index (χ1v) is 7.03. The number of H-pyrrole nitrogens is 1. The molecule has 0 amide bonds. The van der Waals surface area contributed by atoms with Crippen LogP contribution in [0.4, 0.5) is 0 Å². The Labute approximate surface area is 114 Å². The molecule has 0 aliphatic carbocycles. The maximum atomic E-state index is 11.9. The van der Waals surface area contributed by atoms with Crippen molar-refractivity contribution in [2.75, 3.05) is 0 Å². The molecule has 3 rings (SSSR count). The number of nitrogens with one attached hydrogen (secondary N) is 1. The average molecular weight is 273 g/mol. The molecule has 4 nitrogen and oxygen atoms in total. The van der Waals surface area contributed by atoms with E-state index in [1.165, 1.54) is 28.2 Å². The van der Waals surface area contributed by atoms with Gasteiger partial charge in [0.1, 0.15) is 10.5 Å². The number of aromatic amines is 1. The summed E-state index contributed by atoms with van der Waals surface area (Å²) >= 11 is 1.43. The lowest BCUT2D eigenvalue weighted by Crippen LogP contribution is -2.13. The molecule has 0 unspecified atom stereocenters. The predicted octanol–water partition coefficient (Wildman–Crippen LogP) is 2.76. The van der Waals surface area contributed by atoms with Gasteiger partial charge in [0, 0.05) is 11.9 Å². The van der Waals surface area contributed by atoms with E-state index in [1.54, 1.807) is 0 Å². The van der Waals surface area contributed by atoms with Crippen LogP contribution in [0.5, 0.6) is 0 Å². The molecule has 0 atom stereocenters. The summed E-state index contributed by atoms with van der Waals surface area (Å²) in [5.41, 5.74) is 4.50. The van der Waals surface area contributed by atoms with E-state index in [1.807, 2.05) is 11.4 Å². The van der Waals surface area contributed by atoms with Gasteiger partial charge in [0.2, 0.25) is 0 Å². The van der Waals surface area contributed by atoms with Crippen molar-refractivity contribution in [3.05, 3.63) is 50.6 Å². The number of aryl methyl sites for hydroxylation is 1. The number of rotatable bonds is 2. The van der Waals surface area contributed by atoms with Crippen LogP contribution in [0.25, 0.3) is 10.2 Å². The van der Waals surface area contributed by atoms with Crippen molar-refractivity contribution in [2.45, 2.75) is 27.3 Å². The molecule has 1 N–H and O–H groups in total. The topological polar surface area (TPSA) is 50.7 Å². The molecule has 0 radical (unpaired) electrons. The lowest BCUT2D eigenvalue weighted by atomic mass is 10.2. The summed E-state index contributed by atoms with van der Waals surface area (Å²) in [5, 5.41) is 1.89. The fourth-order valence-corrected chi connectivity index (χ4v) is 2.98. The molecule has 98 valence electrons. The summed E-state index contributed by atoms with van der Waals surface area (Å²) < 4.78 is 2.82. The molecule has 3 heterocycles. The lowest BCUT2D eigenvalue weighted by Gasteiger charge is -2.06. The fourth-order valence-electron chi connectivity index (χ4n) is 2.25. The van der Waals surface area contributed by atoms with Gasteiger partial charge >= 0.3 is 0 Å². The van der Waals surface area contributed by atoms with Crippen molar-refractivity contribution in [3.63, 3.8) is 0 Å². The van der Waals surface area contributed by atoms with Crippen LogP contribution >= 0.6 is 11.3 Å². The van der Waals surface area contributed by atoms with Crippen LogP contribution in [0, 0.1) is 20.8 Å². The van der Waals surface area contributed by atoms with Gasteiger partial charge in [0.05, 0.1) is 12.1 Å². The van der Waals surface area contributed by atoms with E-state index < -0.39 is 0 Å². The van der Waals surface area contributed by atoms with Gasteiger partial charge in [-0.25, -0.2) is 4.98 Å². The molecule has 3 aromatic heterocycles. The zero-order chi connectivity index (χ0) is 13.6. The number of aromatic nitrogens is 3. The van der Waals surface area contributed by atoms with Crippen LogP contribution in [-0.2, 0) is 6.54 Å². The van der Waals surface area contributed by atoms with E-state index in [4.69, 9.17) is 0 Å². The largest absolute Gasteiger partial charge is 0.344 e. The van der Waals surface area contributed by atoms with Gasteiger partial charge in [-0.15, -0.1) is 11.3 Å². The van der Waals surface area contributed by atoms with Gasteiger partial charge in [-0.1, -0.05) is 0 Å². The van der Waals surface area contributed by atoms with Crippen LogP contribution in [0.3, 0.4) is 0 Å². The number of fused-ring (bicyclic) bond motifs is 1. The first kappa shape index (κ1) is 12.2. The van der Waals surface area contributed by atoms with E-state index in [0.29, 0.717) is 17.1 Å². The van der Waals surface area contributed by atoms with Crippen molar-refractivity contribution in [1.29, 1.82) is 0 Å². The minimum absolute atomic E-state index is 0.0479. The van der Waals surface area contributed by atoms with Gasteiger partial charge in [-0.3, -0.25) is 4.79 Å². The Morgan fingerprint density at radius 2 is 2.16 bits per heavy atom. The maximum Gasteiger partial charge on any atom is 0.268 e. The summed E-state index contributed by atoms with van der Waals surface area (Å²) in [7, 11) is 0. The van der Waals surface area contributed by atoms with E-state index >= 15 is 0 Å². The average Bonchev–Trinajstić information content (AvgIpc) is 2.92. The highest BCUT2D eigenvalue weighted by Crippen LogP contribution is 2.17. The third-order valence-corrected chi connectivity index (χ3v) is 4.50. The first-order valence-electron chi connectivity index (χ1n) is 6.15. The smallest absolute Gasteiger partial charge is 0.268 e. The quantitative estimate of drug-likeness (QED) is 0.780. The number of nitrogens with zero attached hydrogens (tertiary/aromatic N) is 2. The number of thiophene rings is 1. The molecular weight excluding hydrogens is 258 g/mol. The Balaban J connectivity index is 2.05. The minimum Gasteiger partial charge on any atom is -0.344 e. The molecule has 3 aromatic rings. The van der Waals surface area contributed by atoms with Crippen molar-refractivity contribution >= 4 is 21.6 Å².